The summed E-state index contributed by atoms with van der Waals surface area (Å²) in [7, 11) is 1.29. The van der Waals surface area contributed by atoms with Crippen molar-refractivity contribution in [3.8, 4) is 0 Å². The Balaban J connectivity index is 2.15. The number of carbonyl (C=O) groups is 1. The van der Waals surface area contributed by atoms with E-state index < -0.39 is 5.97 Å². The summed E-state index contributed by atoms with van der Waals surface area (Å²) in [6.07, 6.45) is 0. The molecule has 5 heteroatoms. The van der Waals surface area contributed by atoms with Crippen LogP contribution in [0.1, 0.15) is 34.8 Å². The lowest BCUT2D eigenvalue weighted by Crippen LogP contribution is -2.07. The highest BCUT2D eigenvalue weighted by Gasteiger charge is 2.16. The van der Waals surface area contributed by atoms with E-state index in [9.17, 15) is 9.18 Å². The summed E-state index contributed by atoms with van der Waals surface area (Å²) >= 11 is 0. The van der Waals surface area contributed by atoms with Crippen molar-refractivity contribution in [3.05, 3.63) is 53.2 Å². The summed E-state index contributed by atoms with van der Waals surface area (Å²) in [5.41, 5.74) is 1.35. The van der Waals surface area contributed by atoms with E-state index in [-0.39, 0.29) is 17.6 Å². The number of ether oxygens (including phenoxy) is 1. The quantitative estimate of drug-likeness (QED) is 0.866. The van der Waals surface area contributed by atoms with Crippen LogP contribution in [-0.4, -0.2) is 13.1 Å². The first kappa shape index (κ1) is 14.1. The van der Waals surface area contributed by atoms with Crippen LogP contribution in [-0.2, 0) is 4.74 Å². The number of hydrogen-bond acceptors (Lipinski definition) is 4. The van der Waals surface area contributed by atoms with E-state index in [4.69, 9.17) is 4.42 Å². The van der Waals surface area contributed by atoms with Crippen LogP contribution in [0, 0.1) is 12.7 Å². The molecule has 0 spiro atoms. The topological polar surface area (TPSA) is 51.5 Å². The second kappa shape index (κ2) is 5.77. The van der Waals surface area contributed by atoms with Gasteiger partial charge in [0.25, 0.3) is 0 Å². The average Bonchev–Trinajstić information content (AvgIpc) is 2.91. The van der Waals surface area contributed by atoms with Crippen LogP contribution in [0.5, 0.6) is 0 Å². The Labute approximate surface area is 116 Å². The van der Waals surface area contributed by atoms with E-state index in [0.717, 1.165) is 5.56 Å². The maximum absolute atomic E-state index is 13.7. The zero-order valence-electron chi connectivity index (χ0n) is 11.6. The molecule has 2 aromatic rings. The van der Waals surface area contributed by atoms with Crippen molar-refractivity contribution in [2.75, 3.05) is 12.4 Å². The summed E-state index contributed by atoms with van der Waals surface area (Å²) in [6, 6.07) is 7.75. The highest BCUT2D eigenvalue weighted by atomic mass is 19.1. The second-order valence-electron chi connectivity index (χ2n) is 4.54. The van der Waals surface area contributed by atoms with Gasteiger partial charge in [-0.05, 0) is 43.7 Å². The van der Waals surface area contributed by atoms with Crippen molar-refractivity contribution in [1.29, 1.82) is 0 Å². The zero-order chi connectivity index (χ0) is 14.7. The molecule has 106 valence electrons. The molecule has 0 saturated heterocycles. The monoisotopic (exact) mass is 277 g/mol. The Bertz CT molecular complexity index is 621. The minimum atomic E-state index is -0.537. The summed E-state index contributed by atoms with van der Waals surface area (Å²) < 4.78 is 23.6. The normalized spacial score (nSPS) is 12.0. The summed E-state index contributed by atoms with van der Waals surface area (Å²) in [5.74, 6) is -0.209. The number of nitrogens with one attached hydrogen (secondary N) is 1. The Kier molecular flexibility index (Phi) is 4.08. The van der Waals surface area contributed by atoms with Gasteiger partial charge in [-0.2, -0.15) is 0 Å². The predicted molar refractivity (Wildman–Crippen MR) is 73.2 cm³/mol. The Morgan fingerprint density at radius 3 is 2.80 bits per heavy atom. The molecule has 0 fully saturated rings. The lowest BCUT2D eigenvalue weighted by atomic mass is 10.2. The van der Waals surface area contributed by atoms with Crippen molar-refractivity contribution < 1.29 is 18.3 Å². The van der Waals surface area contributed by atoms with Gasteiger partial charge in [0, 0.05) is 0 Å². The van der Waals surface area contributed by atoms with Crippen molar-refractivity contribution in [2.24, 2.45) is 0 Å². The van der Waals surface area contributed by atoms with Gasteiger partial charge in [0.15, 0.2) is 0 Å². The largest absolute Gasteiger partial charge is 0.463 e. The van der Waals surface area contributed by atoms with Crippen LogP contribution in [0.3, 0.4) is 0 Å². The van der Waals surface area contributed by atoms with Crippen molar-refractivity contribution in [2.45, 2.75) is 19.9 Å². The van der Waals surface area contributed by atoms with Gasteiger partial charge in [-0.25, -0.2) is 9.18 Å². The van der Waals surface area contributed by atoms with Crippen LogP contribution in [0.2, 0.25) is 0 Å². The lowest BCUT2D eigenvalue weighted by Gasteiger charge is -2.14. The predicted octanol–water partition coefficient (Wildman–Crippen LogP) is 3.69. The highest BCUT2D eigenvalue weighted by Crippen LogP contribution is 2.24. The first-order chi connectivity index (χ1) is 9.51. The van der Waals surface area contributed by atoms with E-state index in [1.165, 1.54) is 19.2 Å². The van der Waals surface area contributed by atoms with Gasteiger partial charge in [0.05, 0.1) is 18.8 Å². The molecule has 20 heavy (non-hydrogen) atoms. The average molecular weight is 277 g/mol. The van der Waals surface area contributed by atoms with Gasteiger partial charge < -0.3 is 14.5 Å². The fraction of sp³-hybridized carbons (Fsp3) is 0.267. The fourth-order valence-corrected chi connectivity index (χ4v) is 1.85. The molecule has 0 radical (unpaired) electrons. The molecule has 1 N–H and O–H groups in total. The number of carbonyl (C=O) groups excluding carboxylic acids is 1. The molecule has 4 nitrogen and oxygen atoms in total. The molecular weight excluding hydrogens is 261 g/mol. The number of halogens is 1. The molecule has 1 aromatic carbocycles. The fourth-order valence-electron chi connectivity index (χ4n) is 1.85. The number of rotatable bonds is 4. The maximum atomic E-state index is 13.7. The summed E-state index contributed by atoms with van der Waals surface area (Å²) in [5, 5.41) is 3.02. The molecule has 0 amide bonds. The van der Waals surface area contributed by atoms with Gasteiger partial charge in [-0.3, -0.25) is 0 Å². The second-order valence-corrected chi connectivity index (χ2v) is 4.54. The smallest absolute Gasteiger partial charge is 0.373 e. The number of benzene rings is 1. The molecule has 1 unspecified atom stereocenters. The SMILES string of the molecule is COC(=O)c1ccc(C(C)Nc2cc(C)ccc2F)o1. The van der Waals surface area contributed by atoms with Gasteiger partial charge in [0.1, 0.15) is 11.6 Å². The number of anilines is 1. The molecule has 1 atom stereocenters. The van der Waals surface area contributed by atoms with Crippen molar-refractivity contribution in [3.63, 3.8) is 0 Å². The number of aryl methyl sites for hydroxylation is 1. The molecule has 2 rings (SSSR count). The number of hydrogen-bond donors (Lipinski definition) is 1. The van der Waals surface area contributed by atoms with E-state index in [1.54, 1.807) is 18.2 Å². The molecular formula is C15H16FNO3. The first-order valence-corrected chi connectivity index (χ1v) is 6.22. The summed E-state index contributed by atoms with van der Waals surface area (Å²) in [4.78, 5) is 11.3. The molecule has 0 aliphatic heterocycles. The molecule has 0 saturated carbocycles. The molecule has 1 heterocycles. The number of esters is 1. The van der Waals surface area contributed by atoms with Crippen LogP contribution >= 0.6 is 0 Å². The Hall–Kier alpha value is -2.30. The van der Waals surface area contributed by atoms with Crippen LogP contribution in [0.15, 0.2) is 34.7 Å². The molecule has 1 aromatic heterocycles. The van der Waals surface area contributed by atoms with Gasteiger partial charge >= 0.3 is 5.97 Å². The van der Waals surface area contributed by atoms with Crippen LogP contribution in [0.25, 0.3) is 0 Å². The number of methoxy groups -OCH3 is 1. The van der Waals surface area contributed by atoms with Gasteiger partial charge in [0.2, 0.25) is 5.76 Å². The van der Waals surface area contributed by atoms with E-state index in [0.29, 0.717) is 11.4 Å². The first-order valence-electron chi connectivity index (χ1n) is 6.22. The standard InChI is InChI=1S/C15H16FNO3/c1-9-4-5-11(16)12(8-9)17-10(2)13-6-7-14(20-13)15(18)19-3/h4-8,10,17H,1-3H3. The minimum Gasteiger partial charge on any atom is -0.463 e. The third kappa shape index (κ3) is 2.99. The van der Waals surface area contributed by atoms with Crippen LogP contribution < -0.4 is 5.32 Å². The van der Waals surface area contributed by atoms with Gasteiger partial charge in [-0.1, -0.05) is 6.07 Å². The summed E-state index contributed by atoms with van der Waals surface area (Å²) in [6.45, 7) is 3.71. The minimum absolute atomic E-state index is 0.126. The van der Waals surface area contributed by atoms with Crippen LogP contribution in [0.4, 0.5) is 10.1 Å². The van der Waals surface area contributed by atoms with Gasteiger partial charge in [-0.15, -0.1) is 0 Å². The zero-order valence-corrected chi connectivity index (χ0v) is 11.6. The van der Waals surface area contributed by atoms with E-state index in [1.807, 2.05) is 13.8 Å². The Morgan fingerprint density at radius 1 is 1.35 bits per heavy atom. The molecule has 0 bridgehead atoms. The Morgan fingerprint density at radius 2 is 2.10 bits per heavy atom. The van der Waals surface area contributed by atoms with Crippen molar-refractivity contribution >= 4 is 11.7 Å². The maximum Gasteiger partial charge on any atom is 0.373 e. The molecule has 0 aliphatic carbocycles. The lowest BCUT2D eigenvalue weighted by molar-refractivity contribution is 0.0562. The van der Waals surface area contributed by atoms with E-state index in [2.05, 4.69) is 10.1 Å². The molecule has 0 aliphatic rings. The number of furan rings is 1. The third-order valence-electron chi connectivity index (χ3n) is 2.93. The van der Waals surface area contributed by atoms with E-state index >= 15 is 0 Å². The third-order valence-corrected chi connectivity index (χ3v) is 2.93. The highest BCUT2D eigenvalue weighted by molar-refractivity contribution is 5.86. The van der Waals surface area contributed by atoms with Crippen molar-refractivity contribution in [1.82, 2.24) is 0 Å².